The Hall–Kier alpha value is -4.05. The van der Waals surface area contributed by atoms with Gasteiger partial charge < -0.3 is 15.2 Å². The number of carbonyl (C=O) groups excluding carboxylic acids is 1. The Bertz CT molecular complexity index is 1480. The molecule has 1 atom stereocenters. The van der Waals surface area contributed by atoms with Gasteiger partial charge in [-0.3, -0.25) is 4.79 Å². The standard InChI is InChI=1S/C31H31F5N4O/c1-20(2)28(40(16-8-15-37)30(41)24-14-13-22(32)17-26(24)33)29-38-27(19-39(29)18-21-9-4-3-5-10-21)23-11-6-7-12-25(23)31(34,35)36/h3-7,9-14,17,19-20,28H,8,15-16,18,37H2,1-2H3. The number of alkyl halides is 3. The molecule has 10 heteroatoms. The number of nitrogens with zero attached hydrogens (tertiary/aromatic N) is 3. The predicted octanol–water partition coefficient (Wildman–Crippen LogP) is 7.08. The molecule has 2 N–H and O–H groups in total. The van der Waals surface area contributed by atoms with E-state index < -0.39 is 35.3 Å². The minimum Gasteiger partial charge on any atom is -0.330 e. The van der Waals surface area contributed by atoms with Crippen molar-refractivity contribution in [3.8, 4) is 11.3 Å². The van der Waals surface area contributed by atoms with Crippen LogP contribution >= 0.6 is 0 Å². The molecule has 3 aromatic carbocycles. The van der Waals surface area contributed by atoms with E-state index in [2.05, 4.69) is 0 Å². The zero-order valence-electron chi connectivity index (χ0n) is 22.7. The lowest BCUT2D eigenvalue weighted by Gasteiger charge is -2.34. The minimum absolute atomic E-state index is 0.0914. The second-order valence-electron chi connectivity index (χ2n) is 10.1. The van der Waals surface area contributed by atoms with Crippen LogP contribution < -0.4 is 5.73 Å². The van der Waals surface area contributed by atoms with Gasteiger partial charge in [0.1, 0.15) is 17.5 Å². The van der Waals surface area contributed by atoms with Gasteiger partial charge in [0, 0.05) is 30.9 Å². The van der Waals surface area contributed by atoms with Crippen LogP contribution in [0.15, 0.2) is 79.0 Å². The van der Waals surface area contributed by atoms with E-state index in [4.69, 9.17) is 10.7 Å². The van der Waals surface area contributed by atoms with Gasteiger partial charge in [0.2, 0.25) is 0 Å². The lowest BCUT2D eigenvalue weighted by atomic mass is 9.99. The number of halogens is 5. The quantitative estimate of drug-likeness (QED) is 0.207. The predicted molar refractivity (Wildman–Crippen MR) is 147 cm³/mol. The fourth-order valence-electron chi connectivity index (χ4n) is 4.90. The summed E-state index contributed by atoms with van der Waals surface area (Å²) in [5.41, 5.74) is 5.47. The van der Waals surface area contributed by atoms with E-state index in [1.807, 2.05) is 44.2 Å². The summed E-state index contributed by atoms with van der Waals surface area (Å²) in [4.78, 5) is 19.9. The molecule has 1 unspecified atom stereocenters. The Labute approximate surface area is 235 Å². The molecule has 5 nitrogen and oxygen atoms in total. The van der Waals surface area contributed by atoms with Crippen molar-refractivity contribution >= 4 is 5.91 Å². The third-order valence-electron chi connectivity index (χ3n) is 6.77. The maximum Gasteiger partial charge on any atom is 0.417 e. The van der Waals surface area contributed by atoms with Crippen LogP contribution in [0, 0.1) is 17.6 Å². The van der Waals surface area contributed by atoms with Gasteiger partial charge in [-0.2, -0.15) is 13.2 Å². The van der Waals surface area contributed by atoms with E-state index in [1.54, 1.807) is 10.8 Å². The smallest absolute Gasteiger partial charge is 0.330 e. The molecule has 1 heterocycles. The molecule has 0 aliphatic carbocycles. The molecule has 0 aliphatic rings. The molecule has 0 radical (unpaired) electrons. The molecular formula is C31H31F5N4O. The van der Waals surface area contributed by atoms with Gasteiger partial charge in [0.05, 0.1) is 22.9 Å². The van der Waals surface area contributed by atoms with Crippen molar-refractivity contribution in [2.45, 2.75) is 39.0 Å². The van der Waals surface area contributed by atoms with Crippen molar-refractivity contribution in [1.29, 1.82) is 0 Å². The zero-order valence-corrected chi connectivity index (χ0v) is 22.7. The first kappa shape index (κ1) is 29.9. The highest BCUT2D eigenvalue weighted by Gasteiger charge is 2.36. The Balaban J connectivity index is 1.90. The highest BCUT2D eigenvalue weighted by molar-refractivity contribution is 5.94. The van der Waals surface area contributed by atoms with Gasteiger partial charge in [-0.1, -0.05) is 62.4 Å². The first-order chi connectivity index (χ1) is 19.5. The molecule has 1 amide bonds. The molecule has 0 saturated heterocycles. The van der Waals surface area contributed by atoms with Crippen LogP contribution in [0.3, 0.4) is 0 Å². The Morgan fingerprint density at radius 3 is 2.32 bits per heavy atom. The van der Waals surface area contributed by atoms with Crippen molar-refractivity contribution < 1.29 is 26.7 Å². The summed E-state index contributed by atoms with van der Waals surface area (Å²) in [6.45, 7) is 4.33. The summed E-state index contributed by atoms with van der Waals surface area (Å²) in [6, 6.07) is 16.4. The van der Waals surface area contributed by atoms with Gasteiger partial charge in [-0.15, -0.1) is 0 Å². The monoisotopic (exact) mass is 570 g/mol. The van der Waals surface area contributed by atoms with Gasteiger partial charge in [-0.25, -0.2) is 13.8 Å². The summed E-state index contributed by atoms with van der Waals surface area (Å²) in [7, 11) is 0. The van der Waals surface area contributed by atoms with Crippen LogP contribution in [0.4, 0.5) is 22.0 Å². The number of rotatable bonds is 10. The van der Waals surface area contributed by atoms with Crippen molar-refractivity contribution in [3.63, 3.8) is 0 Å². The van der Waals surface area contributed by atoms with E-state index in [9.17, 15) is 26.7 Å². The van der Waals surface area contributed by atoms with Crippen LogP contribution in [0.25, 0.3) is 11.3 Å². The maximum absolute atomic E-state index is 14.8. The summed E-state index contributed by atoms with van der Waals surface area (Å²) in [5, 5.41) is 0. The topological polar surface area (TPSA) is 64.2 Å². The fraction of sp³-hybridized carbons (Fsp3) is 0.290. The molecule has 4 rings (SSSR count). The average molecular weight is 571 g/mol. The number of hydrogen-bond acceptors (Lipinski definition) is 3. The number of benzene rings is 3. The van der Waals surface area contributed by atoms with Crippen LogP contribution in [0.1, 0.15) is 53.6 Å². The lowest BCUT2D eigenvalue weighted by molar-refractivity contribution is -0.137. The van der Waals surface area contributed by atoms with Crippen LogP contribution in [-0.2, 0) is 12.7 Å². The molecular weight excluding hydrogens is 539 g/mol. The average Bonchev–Trinajstić information content (AvgIpc) is 3.33. The number of imidazole rings is 1. The second kappa shape index (κ2) is 12.6. The van der Waals surface area contributed by atoms with Crippen molar-refractivity contribution in [2.24, 2.45) is 11.7 Å². The normalized spacial score (nSPS) is 12.5. The molecule has 0 saturated carbocycles. The molecule has 216 valence electrons. The maximum atomic E-state index is 14.8. The highest BCUT2D eigenvalue weighted by atomic mass is 19.4. The summed E-state index contributed by atoms with van der Waals surface area (Å²) >= 11 is 0. The first-order valence-corrected chi connectivity index (χ1v) is 13.2. The van der Waals surface area contributed by atoms with E-state index in [1.165, 1.54) is 23.1 Å². The SMILES string of the molecule is CC(C)C(c1nc(-c2ccccc2C(F)(F)F)cn1Cc1ccccc1)N(CCCN)C(=O)c1ccc(F)cc1F. The van der Waals surface area contributed by atoms with Gasteiger partial charge in [0.25, 0.3) is 5.91 Å². The van der Waals surface area contributed by atoms with Gasteiger partial charge in [-0.05, 0) is 42.6 Å². The van der Waals surface area contributed by atoms with E-state index >= 15 is 0 Å². The Morgan fingerprint density at radius 2 is 1.68 bits per heavy atom. The third-order valence-corrected chi connectivity index (χ3v) is 6.77. The summed E-state index contributed by atoms with van der Waals surface area (Å²) in [5.74, 6) is -2.48. The Kier molecular flexibility index (Phi) is 9.22. The molecule has 0 bridgehead atoms. The lowest BCUT2D eigenvalue weighted by Crippen LogP contribution is -2.40. The molecule has 0 fully saturated rings. The fourth-order valence-corrected chi connectivity index (χ4v) is 4.90. The summed E-state index contributed by atoms with van der Waals surface area (Å²) in [6.07, 6.45) is -2.69. The summed E-state index contributed by atoms with van der Waals surface area (Å²) < 4.78 is 71.9. The van der Waals surface area contributed by atoms with Crippen LogP contribution in [0.5, 0.6) is 0 Å². The number of hydrogen-bond donors (Lipinski definition) is 1. The first-order valence-electron chi connectivity index (χ1n) is 13.2. The zero-order chi connectivity index (χ0) is 29.7. The van der Waals surface area contributed by atoms with Gasteiger partial charge in [0.15, 0.2) is 0 Å². The number of nitrogens with two attached hydrogens (primary N) is 1. The van der Waals surface area contributed by atoms with Gasteiger partial charge >= 0.3 is 6.18 Å². The van der Waals surface area contributed by atoms with E-state index in [-0.39, 0.29) is 42.4 Å². The molecule has 0 aliphatic heterocycles. The highest BCUT2D eigenvalue weighted by Crippen LogP contribution is 2.38. The van der Waals surface area contributed by atoms with Crippen molar-refractivity contribution in [3.05, 3.63) is 113 Å². The minimum atomic E-state index is -4.61. The second-order valence-corrected chi connectivity index (χ2v) is 10.1. The van der Waals surface area contributed by atoms with Crippen LogP contribution in [-0.4, -0.2) is 33.4 Å². The third kappa shape index (κ3) is 6.82. The number of amides is 1. The molecule has 4 aromatic rings. The molecule has 41 heavy (non-hydrogen) atoms. The molecule has 1 aromatic heterocycles. The van der Waals surface area contributed by atoms with Crippen molar-refractivity contribution in [2.75, 3.05) is 13.1 Å². The van der Waals surface area contributed by atoms with Crippen molar-refractivity contribution in [1.82, 2.24) is 14.5 Å². The number of aromatic nitrogens is 2. The van der Waals surface area contributed by atoms with Crippen LogP contribution in [0.2, 0.25) is 0 Å². The molecule has 0 spiro atoms. The Morgan fingerprint density at radius 1 is 1.00 bits per heavy atom. The van der Waals surface area contributed by atoms with E-state index in [0.717, 1.165) is 23.8 Å². The largest absolute Gasteiger partial charge is 0.417 e. The number of carbonyl (C=O) groups is 1. The van der Waals surface area contributed by atoms with E-state index in [0.29, 0.717) is 18.3 Å².